The van der Waals surface area contributed by atoms with Crippen molar-refractivity contribution in [3.8, 4) is 5.75 Å². The van der Waals surface area contributed by atoms with Gasteiger partial charge in [-0.3, -0.25) is 4.79 Å². The Morgan fingerprint density at radius 1 is 1.50 bits per heavy atom. The van der Waals surface area contributed by atoms with Crippen molar-refractivity contribution in [2.75, 3.05) is 7.11 Å². The SMILES string of the molecule is COc1csc2c(C=O)cc(F)cc12. The van der Waals surface area contributed by atoms with Crippen molar-refractivity contribution >= 4 is 27.7 Å². The molecule has 0 aliphatic heterocycles. The van der Waals surface area contributed by atoms with Crippen molar-refractivity contribution in [2.45, 2.75) is 0 Å². The molecule has 0 spiro atoms. The number of aldehydes is 1. The standard InChI is InChI=1S/C10H7FO2S/c1-13-9-5-14-10-6(4-12)2-7(11)3-8(9)10/h2-5H,1H3. The Morgan fingerprint density at radius 3 is 2.93 bits per heavy atom. The van der Waals surface area contributed by atoms with Gasteiger partial charge in [-0.15, -0.1) is 11.3 Å². The Balaban J connectivity index is 2.83. The van der Waals surface area contributed by atoms with Crippen LogP contribution in [0.4, 0.5) is 4.39 Å². The first-order valence-corrected chi connectivity index (χ1v) is 4.84. The topological polar surface area (TPSA) is 26.3 Å². The zero-order chi connectivity index (χ0) is 10.1. The van der Waals surface area contributed by atoms with Gasteiger partial charge in [0.2, 0.25) is 0 Å². The van der Waals surface area contributed by atoms with Crippen molar-refractivity contribution in [1.82, 2.24) is 0 Å². The summed E-state index contributed by atoms with van der Waals surface area (Å²) in [6.07, 6.45) is 0.654. The van der Waals surface area contributed by atoms with E-state index in [1.54, 1.807) is 5.38 Å². The van der Waals surface area contributed by atoms with E-state index >= 15 is 0 Å². The zero-order valence-electron chi connectivity index (χ0n) is 7.41. The first kappa shape index (κ1) is 9.15. The smallest absolute Gasteiger partial charge is 0.151 e. The molecule has 0 atom stereocenters. The van der Waals surface area contributed by atoms with E-state index in [0.29, 0.717) is 23.0 Å². The maximum absolute atomic E-state index is 13.1. The highest BCUT2D eigenvalue weighted by Gasteiger charge is 2.09. The molecule has 2 aromatic rings. The van der Waals surface area contributed by atoms with Gasteiger partial charge in [-0.1, -0.05) is 0 Å². The van der Waals surface area contributed by atoms with Crippen LogP contribution in [0.15, 0.2) is 17.5 Å². The van der Waals surface area contributed by atoms with Crippen LogP contribution in [0.2, 0.25) is 0 Å². The third kappa shape index (κ3) is 1.28. The van der Waals surface area contributed by atoms with Crippen LogP contribution in [0.25, 0.3) is 10.1 Å². The molecule has 0 aliphatic carbocycles. The Kier molecular flexibility index (Phi) is 2.21. The second-order valence-electron chi connectivity index (χ2n) is 2.79. The number of hydrogen-bond donors (Lipinski definition) is 0. The molecule has 0 saturated heterocycles. The molecule has 72 valence electrons. The van der Waals surface area contributed by atoms with Gasteiger partial charge in [0.05, 0.1) is 7.11 Å². The molecule has 0 N–H and O–H groups in total. The average molecular weight is 210 g/mol. The number of rotatable bonds is 2. The molecule has 1 aromatic heterocycles. The molecule has 14 heavy (non-hydrogen) atoms. The minimum Gasteiger partial charge on any atom is -0.495 e. The average Bonchev–Trinajstić information content (AvgIpc) is 2.59. The molecule has 2 nitrogen and oxygen atoms in total. The summed E-state index contributed by atoms with van der Waals surface area (Å²) >= 11 is 1.38. The number of carbonyl (C=O) groups excluding carboxylic acids is 1. The minimum absolute atomic E-state index is 0.369. The van der Waals surface area contributed by atoms with E-state index in [1.165, 1.54) is 30.6 Å². The van der Waals surface area contributed by atoms with E-state index in [2.05, 4.69) is 0 Å². The van der Waals surface area contributed by atoms with E-state index in [0.717, 1.165) is 4.70 Å². The van der Waals surface area contributed by atoms with Gasteiger partial charge in [0.1, 0.15) is 11.6 Å². The lowest BCUT2D eigenvalue weighted by Gasteiger charge is -1.98. The molecule has 0 saturated carbocycles. The van der Waals surface area contributed by atoms with Gasteiger partial charge in [-0.25, -0.2) is 4.39 Å². The van der Waals surface area contributed by atoms with Crippen LogP contribution in [0, 0.1) is 5.82 Å². The number of benzene rings is 1. The lowest BCUT2D eigenvalue weighted by atomic mass is 10.1. The Bertz CT molecular complexity index is 490. The highest BCUT2D eigenvalue weighted by atomic mass is 32.1. The van der Waals surface area contributed by atoms with Crippen LogP contribution >= 0.6 is 11.3 Å². The Morgan fingerprint density at radius 2 is 2.29 bits per heavy atom. The van der Waals surface area contributed by atoms with Gasteiger partial charge < -0.3 is 4.74 Å². The van der Waals surface area contributed by atoms with E-state index < -0.39 is 5.82 Å². The monoisotopic (exact) mass is 210 g/mol. The largest absolute Gasteiger partial charge is 0.495 e. The van der Waals surface area contributed by atoms with Crippen LogP contribution in [0.3, 0.4) is 0 Å². The molecule has 0 fully saturated rings. The summed E-state index contributed by atoms with van der Waals surface area (Å²) in [6.45, 7) is 0. The lowest BCUT2D eigenvalue weighted by molar-refractivity contribution is 0.112. The van der Waals surface area contributed by atoms with Gasteiger partial charge in [0, 0.05) is 21.0 Å². The van der Waals surface area contributed by atoms with Gasteiger partial charge in [-0.05, 0) is 12.1 Å². The Labute approximate surface area is 83.9 Å². The van der Waals surface area contributed by atoms with Crippen LogP contribution in [-0.4, -0.2) is 13.4 Å². The van der Waals surface area contributed by atoms with Crippen molar-refractivity contribution in [3.05, 3.63) is 28.9 Å². The molecule has 0 aliphatic rings. The molecule has 1 heterocycles. The summed E-state index contributed by atoms with van der Waals surface area (Å²) in [6, 6.07) is 2.60. The van der Waals surface area contributed by atoms with Gasteiger partial charge in [-0.2, -0.15) is 0 Å². The molecular weight excluding hydrogens is 203 g/mol. The number of halogens is 1. The molecule has 0 bridgehead atoms. The van der Waals surface area contributed by atoms with Crippen molar-refractivity contribution < 1.29 is 13.9 Å². The molecule has 0 radical (unpaired) electrons. The summed E-state index contributed by atoms with van der Waals surface area (Å²) in [5.74, 6) is 0.184. The fourth-order valence-corrected chi connectivity index (χ4v) is 2.33. The predicted octanol–water partition coefficient (Wildman–Crippen LogP) is 2.86. The van der Waals surface area contributed by atoms with Gasteiger partial charge in [0.25, 0.3) is 0 Å². The first-order chi connectivity index (χ1) is 6.76. The summed E-state index contributed by atoms with van der Waals surface area (Å²) in [4.78, 5) is 10.7. The number of methoxy groups -OCH3 is 1. The van der Waals surface area contributed by atoms with Crippen LogP contribution in [-0.2, 0) is 0 Å². The van der Waals surface area contributed by atoms with Crippen molar-refractivity contribution in [1.29, 1.82) is 0 Å². The summed E-state index contributed by atoms with van der Waals surface area (Å²) in [7, 11) is 1.52. The number of thiophene rings is 1. The third-order valence-electron chi connectivity index (χ3n) is 1.98. The number of carbonyl (C=O) groups is 1. The maximum Gasteiger partial charge on any atom is 0.151 e. The van der Waals surface area contributed by atoms with Crippen molar-refractivity contribution in [3.63, 3.8) is 0 Å². The predicted molar refractivity (Wildman–Crippen MR) is 53.7 cm³/mol. The number of ether oxygens (including phenoxy) is 1. The molecule has 0 unspecified atom stereocenters. The minimum atomic E-state index is -0.420. The normalized spacial score (nSPS) is 10.4. The second kappa shape index (κ2) is 3.38. The van der Waals surface area contributed by atoms with Crippen molar-refractivity contribution in [2.24, 2.45) is 0 Å². The summed E-state index contributed by atoms with van der Waals surface area (Å²) in [5, 5.41) is 2.41. The van der Waals surface area contributed by atoms with Crippen LogP contribution in [0.5, 0.6) is 5.75 Å². The molecule has 2 rings (SSSR count). The first-order valence-electron chi connectivity index (χ1n) is 3.96. The van der Waals surface area contributed by atoms with E-state index in [9.17, 15) is 9.18 Å². The van der Waals surface area contributed by atoms with Crippen LogP contribution < -0.4 is 4.74 Å². The van der Waals surface area contributed by atoms with E-state index in [4.69, 9.17) is 4.74 Å². The molecular formula is C10H7FO2S. The number of fused-ring (bicyclic) bond motifs is 1. The highest BCUT2D eigenvalue weighted by Crippen LogP contribution is 2.34. The molecule has 1 aromatic carbocycles. The quantitative estimate of drug-likeness (QED) is 0.712. The van der Waals surface area contributed by atoms with Gasteiger partial charge in [0.15, 0.2) is 6.29 Å². The fourth-order valence-electron chi connectivity index (χ4n) is 1.35. The van der Waals surface area contributed by atoms with E-state index in [-0.39, 0.29) is 0 Å². The summed E-state index contributed by atoms with van der Waals surface area (Å²) < 4.78 is 18.9. The van der Waals surface area contributed by atoms with Gasteiger partial charge >= 0.3 is 0 Å². The third-order valence-corrected chi connectivity index (χ3v) is 3.00. The maximum atomic E-state index is 13.1. The number of hydrogen-bond acceptors (Lipinski definition) is 3. The highest BCUT2D eigenvalue weighted by molar-refractivity contribution is 7.18. The van der Waals surface area contributed by atoms with E-state index in [1.807, 2.05) is 0 Å². The molecule has 4 heteroatoms. The summed E-state index contributed by atoms with van der Waals surface area (Å²) in [5.41, 5.74) is 0.369. The lowest BCUT2D eigenvalue weighted by Crippen LogP contribution is -1.85. The fraction of sp³-hybridized carbons (Fsp3) is 0.100. The zero-order valence-corrected chi connectivity index (χ0v) is 8.23. The Hall–Kier alpha value is -1.42. The second-order valence-corrected chi connectivity index (χ2v) is 3.67. The van der Waals surface area contributed by atoms with Crippen LogP contribution in [0.1, 0.15) is 10.4 Å². The molecule has 0 amide bonds.